The van der Waals surface area contributed by atoms with Gasteiger partial charge in [0.15, 0.2) is 17.3 Å². The molecule has 1 atom stereocenters. The van der Waals surface area contributed by atoms with Crippen molar-refractivity contribution in [3.63, 3.8) is 0 Å². The van der Waals surface area contributed by atoms with Crippen LogP contribution in [0.3, 0.4) is 0 Å². The number of nitriles is 1. The molecule has 5 rings (SSSR count). The summed E-state index contributed by atoms with van der Waals surface area (Å²) < 4.78 is 10.1. The van der Waals surface area contributed by atoms with E-state index in [1.54, 1.807) is 6.20 Å². The largest absolute Gasteiger partial charge is 0.482 e. The van der Waals surface area contributed by atoms with Crippen LogP contribution in [0.4, 0.5) is 5.82 Å². The van der Waals surface area contributed by atoms with Gasteiger partial charge in [0.1, 0.15) is 12.2 Å². The van der Waals surface area contributed by atoms with Gasteiger partial charge in [0.2, 0.25) is 0 Å². The number of rotatable bonds is 1. The maximum atomic E-state index is 9.55. The van der Waals surface area contributed by atoms with Gasteiger partial charge in [0, 0.05) is 35.9 Å². The Hall–Kier alpha value is -4.12. The molecule has 4 aromatic rings. The highest BCUT2D eigenvalue weighted by Crippen LogP contribution is 2.36. The minimum absolute atomic E-state index is 0.318. The van der Waals surface area contributed by atoms with E-state index in [2.05, 4.69) is 27.3 Å². The van der Waals surface area contributed by atoms with Gasteiger partial charge in [0.05, 0.1) is 23.3 Å². The van der Waals surface area contributed by atoms with Crippen LogP contribution in [0.25, 0.3) is 16.9 Å². The molecular weight excluding hydrogens is 402 g/mol. The molecule has 2 bridgehead atoms. The average Bonchev–Trinajstić information content (AvgIpc) is 3.38. The zero-order chi connectivity index (χ0) is 22.4. The molecule has 160 valence electrons. The highest BCUT2D eigenvalue weighted by atomic mass is 16.5. The normalized spacial score (nSPS) is 14.8. The van der Waals surface area contributed by atoms with E-state index < -0.39 is 0 Å². The molecule has 3 aromatic heterocycles. The Morgan fingerprint density at radius 1 is 1.25 bits per heavy atom. The van der Waals surface area contributed by atoms with E-state index in [0.717, 1.165) is 39.3 Å². The molecule has 8 nitrogen and oxygen atoms in total. The first-order valence-electron chi connectivity index (χ1n) is 10.6. The second kappa shape index (κ2) is 7.54. The van der Waals surface area contributed by atoms with Crippen molar-refractivity contribution in [2.45, 2.75) is 39.8 Å². The lowest BCUT2D eigenvalue weighted by Gasteiger charge is -2.22. The number of fused-ring (bicyclic) bond motifs is 7. The molecule has 4 heterocycles. The fraction of sp³-hybridized carbons (Fsp3) is 0.250. The fourth-order valence-electron chi connectivity index (χ4n) is 4.26. The molecular formula is C24H23N7O. The van der Waals surface area contributed by atoms with E-state index in [-0.39, 0.29) is 6.10 Å². The summed E-state index contributed by atoms with van der Waals surface area (Å²) in [6.07, 6.45) is 3.86. The zero-order valence-electron chi connectivity index (χ0n) is 18.2. The smallest absolute Gasteiger partial charge is 0.166 e. The summed E-state index contributed by atoms with van der Waals surface area (Å²) in [6.45, 7) is 6.77. The molecule has 32 heavy (non-hydrogen) atoms. The molecule has 0 saturated heterocycles. The van der Waals surface area contributed by atoms with Gasteiger partial charge in [-0.2, -0.15) is 15.5 Å². The van der Waals surface area contributed by atoms with Crippen LogP contribution in [0.5, 0.6) is 5.75 Å². The molecule has 0 spiro atoms. The second-order valence-electron chi connectivity index (χ2n) is 7.99. The average molecular weight is 425 g/mol. The number of nitrogens with two attached hydrogens (primary N) is 1. The minimum atomic E-state index is -0.318. The molecule has 1 aromatic carbocycles. The van der Waals surface area contributed by atoms with E-state index in [4.69, 9.17) is 10.5 Å². The molecule has 2 N–H and O–H groups in total. The number of benzene rings is 1. The Labute approximate surface area is 185 Å². The number of hydrogen-bond donors (Lipinski definition) is 1. The van der Waals surface area contributed by atoms with E-state index in [9.17, 15) is 5.26 Å². The van der Waals surface area contributed by atoms with Crippen LogP contribution in [0.1, 0.15) is 48.0 Å². The number of pyridine rings is 1. The summed E-state index contributed by atoms with van der Waals surface area (Å²) in [5, 5.41) is 18.7. The van der Waals surface area contributed by atoms with Crippen molar-refractivity contribution in [1.29, 1.82) is 5.26 Å². The van der Waals surface area contributed by atoms with Gasteiger partial charge in [-0.1, -0.05) is 17.7 Å². The predicted octanol–water partition coefficient (Wildman–Crippen LogP) is 3.96. The molecule has 0 radical (unpaired) electrons. The highest BCUT2D eigenvalue weighted by Gasteiger charge is 2.23. The van der Waals surface area contributed by atoms with Crippen LogP contribution in [0.15, 0.2) is 42.7 Å². The molecule has 0 aliphatic carbocycles. The van der Waals surface area contributed by atoms with E-state index in [1.165, 1.54) is 0 Å². The van der Waals surface area contributed by atoms with E-state index in [1.807, 2.05) is 60.6 Å². The van der Waals surface area contributed by atoms with Crippen molar-refractivity contribution in [2.24, 2.45) is 0 Å². The number of anilines is 1. The standard InChI is InChI=1S/C24H23N7O/c1-4-30-23-16(13-28-30)8-19-10-18(11-25)29-31(19)21-6-5-14(2)7-20(21)15(3)32-22-9-17(23)12-27-24(22)26/h5-7,9-10,12-13,15H,4,8H2,1-3H3,(H2,26,27)/t15-/m1/s1. The van der Waals surface area contributed by atoms with Gasteiger partial charge < -0.3 is 10.5 Å². The summed E-state index contributed by atoms with van der Waals surface area (Å²) in [6, 6.07) is 12.1. The Bertz CT molecular complexity index is 1380. The summed E-state index contributed by atoms with van der Waals surface area (Å²) in [5.74, 6) is 0.860. The van der Waals surface area contributed by atoms with Crippen molar-refractivity contribution in [3.05, 3.63) is 70.8 Å². The molecule has 0 amide bonds. The van der Waals surface area contributed by atoms with Crippen LogP contribution in [0, 0.1) is 18.3 Å². The van der Waals surface area contributed by atoms with Gasteiger partial charge in [-0.05, 0) is 39.0 Å². The third kappa shape index (κ3) is 3.19. The maximum absolute atomic E-state index is 9.55. The first-order chi connectivity index (χ1) is 15.5. The Balaban J connectivity index is 1.82. The predicted molar refractivity (Wildman–Crippen MR) is 120 cm³/mol. The first-order valence-corrected chi connectivity index (χ1v) is 10.6. The van der Waals surface area contributed by atoms with Crippen molar-refractivity contribution >= 4 is 5.82 Å². The summed E-state index contributed by atoms with van der Waals surface area (Å²) in [5.41, 5.74) is 13.2. The maximum Gasteiger partial charge on any atom is 0.166 e. The quantitative estimate of drug-likeness (QED) is 0.495. The van der Waals surface area contributed by atoms with Crippen molar-refractivity contribution < 1.29 is 4.74 Å². The molecule has 8 heteroatoms. The van der Waals surface area contributed by atoms with Crippen molar-refractivity contribution in [2.75, 3.05) is 5.73 Å². The number of nitrogen functional groups attached to an aromatic ring is 1. The number of nitrogens with zero attached hydrogens (tertiary/aromatic N) is 6. The monoisotopic (exact) mass is 425 g/mol. The van der Waals surface area contributed by atoms with Crippen LogP contribution >= 0.6 is 0 Å². The van der Waals surface area contributed by atoms with Crippen molar-refractivity contribution in [3.8, 4) is 28.8 Å². The molecule has 0 fully saturated rings. The van der Waals surface area contributed by atoms with Crippen LogP contribution in [0.2, 0.25) is 0 Å². The lowest BCUT2D eigenvalue weighted by Crippen LogP contribution is -2.13. The summed E-state index contributed by atoms with van der Waals surface area (Å²) in [4.78, 5) is 4.40. The van der Waals surface area contributed by atoms with Gasteiger partial charge in [0.25, 0.3) is 0 Å². The summed E-state index contributed by atoms with van der Waals surface area (Å²) in [7, 11) is 0. The SMILES string of the molecule is CCn1ncc2c1-c1cnc(N)c(c1)O[C@H](C)c1cc(C)ccc1-n1nc(C#N)cc1C2. The van der Waals surface area contributed by atoms with Crippen molar-refractivity contribution in [1.82, 2.24) is 24.5 Å². The highest BCUT2D eigenvalue weighted by molar-refractivity contribution is 5.68. The van der Waals surface area contributed by atoms with E-state index in [0.29, 0.717) is 30.2 Å². The Kier molecular flexibility index (Phi) is 4.67. The third-order valence-corrected chi connectivity index (χ3v) is 5.79. The molecule has 0 saturated carbocycles. The van der Waals surface area contributed by atoms with E-state index >= 15 is 0 Å². The van der Waals surface area contributed by atoms with Crippen LogP contribution in [-0.2, 0) is 13.0 Å². The topological polar surface area (TPSA) is 108 Å². The van der Waals surface area contributed by atoms with Gasteiger partial charge in [-0.25, -0.2) is 9.67 Å². The fourth-order valence-corrected chi connectivity index (χ4v) is 4.26. The lowest BCUT2D eigenvalue weighted by atomic mass is 10.0. The number of aromatic nitrogens is 5. The van der Waals surface area contributed by atoms with Crippen LogP contribution < -0.4 is 10.5 Å². The number of hydrogen-bond acceptors (Lipinski definition) is 6. The second-order valence-corrected chi connectivity index (χ2v) is 7.99. The van der Waals surface area contributed by atoms with Gasteiger partial charge in [-0.3, -0.25) is 4.68 Å². The Morgan fingerprint density at radius 2 is 2.09 bits per heavy atom. The summed E-state index contributed by atoms with van der Waals surface area (Å²) >= 11 is 0. The lowest BCUT2D eigenvalue weighted by molar-refractivity contribution is 0.227. The Morgan fingerprint density at radius 3 is 2.88 bits per heavy atom. The minimum Gasteiger partial charge on any atom is -0.482 e. The third-order valence-electron chi connectivity index (χ3n) is 5.79. The molecule has 0 unspecified atom stereocenters. The molecule has 1 aliphatic rings. The van der Waals surface area contributed by atoms with Gasteiger partial charge in [-0.15, -0.1) is 0 Å². The number of ether oxygens (including phenoxy) is 1. The zero-order valence-corrected chi connectivity index (χ0v) is 18.2. The number of aryl methyl sites for hydroxylation is 2. The van der Waals surface area contributed by atoms with Gasteiger partial charge >= 0.3 is 0 Å². The first kappa shape index (κ1) is 19.8. The van der Waals surface area contributed by atoms with Crippen LogP contribution in [-0.4, -0.2) is 24.5 Å². The molecule has 1 aliphatic heterocycles.